The molecule has 0 radical (unpaired) electrons. The van der Waals surface area contributed by atoms with Gasteiger partial charge in [-0.05, 0) is 38.0 Å². The summed E-state index contributed by atoms with van der Waals surface area (Å²) < 4.78 is 7.19. The third-order valence-corrected chi connectivity index (χ3v) is 5.03. The first-order valence-electron chi connectivity index (χ1n) is 7.81. The van der Waals surface area contributed by atoms with Crippen molar-refractivity contribution in [2.24, 2.45) is 0 Å². The molecule has 0 aliphatic heterocycles. The average Bonchev–Trinajstić information content (AvgIpc) is 3.33. The lowest BCUT2D eigenvalue weighted by Gasteiger charge is -2.08. The van der Waals surface area contributed by atoms with E-state index in [0.29, 0.717) is 22.4 Å². The van der Waals surface area contributed by atoms with Crippen LogP contribution in [0.15, 0.2) is 23.4 Å². The van der Waals surface area contributed by atoms with E-state index in [0.717, 1.165) is 17.5 Å². The van der Waals surface area contributed by atoms with Crippen LogP contribution in [-0.4, -0.2) is 33.5 Å². The summed E-state index contributed by atoms with van der Waals surface area (Å²) in [6, 6.07) is 5.15. The molecule has 1 amide bonds. The molecule has 1 aromatic carbocycles. The number of methoxy groups -OCH3 is 1. The smallest absolute Gasteiger partial charge is 0.234 e. The number of thioether (sulfide) groups is 1. The molecule has 1 aromatic heterocycles. The molecule has 0 bridgehead atoms. The van der Waals surface area contributed by atoms with Crippen LogP contribution >= 0.6 is 23.4 Å². The summed E-state index contributed by atoms with van der Waals surface area (Å²) >= 11 is 7.46. The lowest BCUT2D eigenvalue weighted by Crippen LogP contribution is -2.14. The van der Waals surface area contributed by atoms with Crippen molar-refractivity contribution in [1.29, 1.82) is 0 Å². The van der Waals surface area contributed by atoms with E-state index < -0.39 is 0 Å². The van der Waals surface area contributed by atoms with Gasteiger partial charge in [-0.25, -0.2) is 0 Å². The molecule has 1 fully saturated rings. The van der Waals surface area contributed by atoms with Crippen molar-refractivity contribution >= 4 is 35.0 Å². The molecule has 3 rings (SSSR count). The van der Waals surface area contributed by atoms with Crippen LogP contribution in [0.3, 0.4) is 0 Å². The fraction of sp³-hybridized carbons (Fsp3) is 0.438. The molecule has 1 saturated carbocycles. The zero-order valence-electron chi connectivity index (χ0n) is 13.6. The number of rotatable bonds is 7. The van der Waals surface area contributed by atoms with Crippen molar-refractivity contribution < 1.29 is 9.53 Å². The number of carbonyl (C=O) groups is 1. The minimum Gasteiger partial charge on any atom is -0.495 e. The van der Waals surface area contributed by atoms with E-state index in [1.54, 1.807) is 25.3 Å². The predicted octanol–water partition coefficient (Wildman–Crippen LogP) is 3.57. The summed E-state index contributed by atoms with van der Waals surface area (Å²) in [5, 5.41) is 12.6. The van der Waals surface area contributed by atoms with Crippen molar-refractivity contribution in [1.82, 2.24) is 14.8 Å². The van der Waals surface area contributed by atoms with E-state index >= 15 is 0 Å². The minimum atomic E-state index is -0.111. The van der Waals surface area contributed by atoms with E-state index in [9.17, 15) is 4.79 Å². The second-order valence-electron chi connectivity index (χ2n) is 5.55. The van der Waals surface area contributed by atoms with E-state index in [1.165, 1.54) is 24.6 Å². The van der Waals surface area contributed by atoms with Crippen LogP contribution < -0.4 is 10.1 Å². The first kappa shape index (κ1) is 17.1. The number of nitrogens with one attached hydrogen (secondary N) is 1. The van der Waals surface area contributed by atoms with Crippen LogP contribution in [0.2, 0.25) is 5.02 Å². The number of anilines is 1. The Bertz CT molecular complexity index is 746. The number of amides is 1. The van der Waals surface area contributed by atoms with Crippen LogP contribution in [-0.2, 0) is 11.3 Å². The number of carbonyl (C=O) groups excluding carboxylic acids is 1. The molecule has 0 spiro atoms. The van der Waals surface area contributed by atoms with Gasteiger partial charge in [0.25, 0.3) is 0 Å². The first-order chi connectivity index (χ1) is 11.6. The van der Waals surface area contributed by atoms with Crippen LogP contribution in [0.25, 0.3) is 0 Å². The Balaban J connectivity index is 1.58. The van der Waals surface area contributed by atoms with Gasteiger partial charge in [0.1, 0.15) is 11.6 Å². The van der Waals surface area contributed by atoms with Gasteiger partial charge < -0.3 is 14.6 Å². The fourth-order valence-corrected chi connectivity index (χ4v) is 3.49. The molecule has 1 heterocycles. The van der Waals surface area contributed by atoms with Crippen molar-refractivity contribution in [2.45, 2.75) is 37.4 Å². The van der Waals surface area contributed by atoms with Crippen molar-refractivity contribution in [2.75, 3.05) is 18.2 Å². The molecule has 0 saturated heterocycles. The Hall–Kier alpha value is -1.73. The number of nitrogens with zero attached hydrogens (tertiary/aromatic N) is 3. The molecule has 1 aliphatic carbocycles. The van der Waals surface area contributed by atoms with E-state index in [1.807, 2.05) is 0 Å². The van der Waals surface area contributed by atoms with Crippen molar-refractivity contribution in [3.05, 3.63) is 29.0 Å². The van der Waals surface area contributed by atoms with Gasteiger partial charge in [0.2, 0.25) is 5.91 Å². The summed E-state index contributed by atoms with van der Waals surface area (Å²) in [6.45, 7) is 2.88. The summed E-state index contributed by atoms with van der Waals surface area (Å²) in [7, 11) is 1.55. The van der Waals surface area contributed by atoms with Crippen LogP contribution in [0.5, 0.6) is 5.75 Å². The van der Waals surface area contributed by atoms with Crippen LogP contribution in [0, 0.1) is 0 Å². The van der Waals surface area contributed by atoms with Gasteiger partial charge in [0.05, 0.1) is 17.9 Å². The highest BCUT2D eigenvalue weighted by atomic mass is 35.5. The maximum absolute atomic E-state index is 12.1. The zero-order valence-corrected chi connectivity index (χ0v) is 15.2. The van der Waals surface area contributed by atoms with Gasteiger partial charge in [-0.1, -0.05) is 23.4 Å². The zero-order chi connectivity index (χ0) is 17.1. The Morgan fingerprint density at radius 3 is 2.88 bits per heavy atom. The Kier molecular flexibility index (Phi) is 5.30. The Morgan fingerprint density at radius 2 is 2.25 bits per heavy atom. The maximum atomic E-state index is 12.1. The standard InChI is InChI=1S/C16H19ClN4O2S/c1-3-21-15(10-4-5-10)19-20-16(21)24-9-14(22)18-11-6-7-13(23-2)12(17)8-11/h6-8,10H,3-5,9H2,1-2H3,(H,18,22). The first-order valence-corrected chi connectivity index (χ1v) is 9.18. The van der Waals surface area contributed by atoms with Crippen LogP contribution in [0.4, 0.5) is 5.69 Å². The molecule has 1 N–H and O–H groups in total. The molecule has 1 aliphatic rings. The largest absolute Gasteiger partial charge is 0.495 e. The molecule has 8 heteroatoms. The molecular formula is C16H19ClN4O2S. The predicted molar refractivity (Wildman–Crippen MR) is 95.0 cm³/mol. The summed E-state index contributed by atoms with van der Waals surface area (Å²) in [5.41, 5.74) is 0.641. The molecule has 128 valence electrons. The normalized spacial score (nSPS) is 13.8. The second kappa shape index (κ2) is 7.44. The quantitative estimate of drug-likeness (QED) is 0.758. The molecule has 0 unspecified atom stereocenters. The number of hydrogen-bond acceptors (Lipinski definition) is 5. The van der Waals surface area contributed by atoms with E-state index in [-0.39, 0.29) is 11.7 Å². The summed E-state index contributed by atoms with van der Waals surface area (Å²) in [5.74, 6) is 2.32. The topological polar surface area (TPSA) is 69.0 Å². The number of benzene rings is 1. The highest BCUT2D eigenvalue weighted by Gasteiger charge is 2.30. The number of aromatic nitrogens is 3. The van der Waals surface area contributed by atoms with Gasteiger partial charge in [0, 0.05) is 18.2 Å². The number of ether oxygens (including phenoxy) is 1. The monoisotopic (exact) mass is 366 g/mol. The van der Waals surface area contributed by atoms with E-state index in [4.69, 9.17) is 16.3 Å². The third-order valence-electron chi connectivity index (χ3n) is 3.77. The fourth-order valence-electron chi connectivity index (χ4n) is 2.42. The Morgan fingerprint density at radius 1 is 1.46 bits per heavy atom. The van der Waals surface area contributed by atoms with Gasteiger partial charge >= 0.3 is 0 Å². The van der Waals surface area contributed by atoms with Gasteiger partial charge in [-0.2, -0.15) is 0 Å². The molecule has 24 heavy (non-hydrogen) atoms. The molecule has 0 atom stereocenters. The highest BCUT2D eigenvalue weighted by molar-refractivity contribution is 7.99. The maximum Gasteiger partial charge on any atom is 0.234 e. The number of halogens is 1. The SMILES string of the molecule is CCn1c(SCC(=O)Nc2ccc(OC)c(Cl)c2)nnc1C1CC1. The lowest BCUT2D eigenvalue weighted by atomic mass is 10.3. The molecular weight excluding hydrogens is 348 g/mol. The van der Waals surface area contributed by atoms with Gasteiger partial charge in [-0.3, -0.25) is 4.79 Å². The third kappa shape index (κ3) is 3.84. The highest BCUT2D eigenvalue weighted by Crippen LogP contribution is 2.40. The second-order valence-corrected chi connectivity index (χ2v) is 6.90. The van der Waals surface area contributed by atoms with Gasteiger partial charge in [0.15, 0.2) is 5.16 Å². The van der Waals surface area contributed by atoms with Crippen molar-refractivity contribution in [3.8, 4) is 5.75 Å². The minimum absolute atomic E-state index is 0.111. The van der Waals surface area contributed by atoms with Crippen LogP contribution in [0.1, 0.15) is 31.5 Å². The molecule has 2 aromatic rings. The van der Waals surface area contributed by atoms with Crippen molar-refractivity contribution in [3.63, 3.8) is 0 Å². The Labute approximate surface area is 149 Å². The average molecular weight is 367 g/mol. The lowest BCUT2D eigenvalue weighted by molar-refractivity contribution is -0.113. The molecule has 6 nitrogen and oxygen atoms in total. The van der Waals surface area contributed by atoms with E-state index in [2.05, 4.69) is 27.0 Å². The summed E-state index contributed by atoms with van der Waals surface area (Å²) in [4.78, 5) is 12.1. The number of hydrogen-bond donors (Lipinski definition) is 1. The summed E-state index contributed by atoms with van der Waals surface area (Å²) in [6.07, 6.45) is 2.36. The van der Waals surface area contributed by atoms with Gasteiger partial charge in [-0.15, -0.1) is 10.2 Å².